The summed E-state index contributed by atoms with van der Waals surface area (Å²) in [5, 5.41) is 17.0. The van der Waals surface area contributed by atoms with Gasteiger partial charge in [-0.3, -0.25) is 5.41 Å². The summed E-state index contributed by atoms with van der Waals surface area (Å²) >= 11 is 5.34. The van der Waals surface area contributed by atoms with Gasteiger partial charge in [-0.15, -0.1) is 0 Å². The molecule has 0 saturated heterocycles. The number of rotatable bonds is 5. The molecule has 0 fully saturated rings. The summed E-state index contributed by atoms with van der Waals surface area (Å²) < 4.78 is 0. The number of hydrogen-bond donors (Lipinski definition) is 5. The van der Waals surface area contributed by atoms with Crippen molar-refractivity contribution in [1.82, 2.24) is 10.6 Å². The zero-order valence-electron chi connectivity index (χ0n) is 15.5. The van der Waals surface area contributed by atoms with E-state index in [2.05, 4.69) is 61.0 Å². The second-order valence-corrected chi connectivity index (χ2v) is 7.63. The molecule has 0 atom stereocenters. The van der Waals surface area contributed by atoms with Crippen molar-refractivity contribution in [3.05, 3.63) is 65.2 Å². The highest BCUT2D eigenvalue weighted by atomic mass is 32.1. The van der Waals surface area contributed by atoms with Crippen LogP contribution in [-0.4, -0.2) is 11.1 Å². The van der Waals surface area contributed by atoms with Crippen LogP contribution in [0.5, 0.6) is 0 Å². The van der Waals surface area contributed by atoms with Gasteiger partial charge < -0.3 is 21.7 Å². The molecule has 0 bridgehead atoms. The normalized spacial score (nSPS) is 10.9. The van der Waals surface area contributed by atoms with E-state index in [1.165, 1.54) is 11.1 Å². The van der Waals surface area contributed by atoms with E-state index in [0.29, 0.717) is 18.2 Å². The van der Waals surface area contributed by atoms with Gasteiger partial charge in [0.15, 0.2) is 11.1 Å². The van der Waals surface area contributed by atoms with Crippen molar-refractivity contribution in [1.29, 1.82) is 5.41 Å². The Morgan fingerprint density at radius 1 is 0.923 bits per heavy atom. The largest absolute Gasteiger partial charge is 0.370 e. The van der Waals surface area contributed by atoms with Crippen LogP contribution in [0.15, 0.2) is 48.5 Å². The first kappa shape index (κ1) is 19.7. The standard InChI is InChI=1S/C20H27N5S/c1-20(2,3)16-8-4-14(5-9-16)12-23-19(26)24-13-15-6-10-17(11-7-15)25-18(21)22/h4-11H,12-13H2,1-3H3,(H4,21,22,25)(H2,23,24,26). The van der Waals surface area contributed by atoms with Gasteiger partial charge in [0.2, 0.25) is 0 Å². The van der Waals surface area contributed by atoms with Gasteiger partial charge in [-0.1, -0.05) is 57.2 Å². The average Bonchev–Trinajstić information content (AvgIpc) is 2.58. The van der Waals surface area contributed by atoms with E-state index >= 15 is 0 Å². The first-order valence-electron chi connectivity index (χ1n) is 8.55. The van der Waals surface area contributed by atoms with Gasteiger partial charge in [0.25, 0.3) is 0 Å². The zero-order chi connectivity index (χ0) is 19.2. The molecular weight excluding hydrogens is 342 g/mol. The number of anilines is 1. The fraction of sp³-hybridized carbons (Fsp3) is 0.300. The number of guanidine groups is 1. The lowest BCUT2D eigenvalue weighted by Gasteiger charge is -2.19. The van der Waals surface area contributed by atoms with E-state index in [-0.39, 0.29) is 11.4 Å². The van der Waals surface area contributed by atoms with Gasteiger partial charge in [-0.05, 0) is 46.5 Å². The van der Waals surface area contributed by atoms with E-state index in [4.69, 9.17) is 23.4 Å². The summed E-state index contributed by atoms with van der Waals surface area (Å²) in [5.41, 5.74) is 9.88. The second-order valence-electron chi connectivity index (χ2n) is 7.22. The Bertz CT molecular complexity index is 745. The first-order chi connectivity index (χ1) is 12.2. The van der Waals surface area contributed by atoms with Crippen molar-refractivity contribution in [2.24, 2.45) is 5.73 Å². The number of hydrogen-bond acceptors (Lipinski definition) is 2. The van der Waals surface area contributed by atoms with Gasteiger partial charge >= 0.3 is 0 Å². The van der Waals surface area contributed by atoms with Crippen LogP contribution in [0.25, 0.3) is 0 Å². The average molecular weight is 370 g/mol. The van der Waals surface area contributed by atoms with Crippen LogP contribution in [0.3, 0.4) is 0 Å². The van der Waals surface area contributed by atoms with Crippen molar-refractivity contribution < 1.29 is 0 Å². The molecule has 0 heterocycles. The van der Waals surface area contributed by atoms with E-state index in [1.807, 2.05) is 24.3 Å². The lowest BCUT2D eigenvalue weighted by atomic mass is 9.87. The van der Waals surface area contributed by atoms with Crippen molar-refractivity contribution in [3.8, 4) is 0 Å². The summed E-state index contributed by atoms with van der Waals surface area (Å²) in [6.45, 7) is 7.96. The molecule has 2 rings (SSSR count). The number of benzene rings is 2. The molecule has 0 radical (unpaired) electrons. The Hall–Kier alpha value is -2.60. The molecule has 0 saturated carbocycles. The van der Waals surface area contributed by atoms with Crippen LogP contribution in [0.1, 0.15) is 37.5 Å². The summed E-state index contributed by atoms with van der Waals surface area (Å²) in [7, 11) is 0. The Morgan fingerprint density at radius 3 is 1.81 bits per heavy atom. The highest BCUT2D eigenvalue weighted by Crippen LogP contribution is 2.22. The van der Waals surface area contributed by atoms with E-state index in [9.17, 15) is 0 Å². The summed E-state index contributed by atoms with van der Waals surface area (Å²) in [6, 6.07) is 16.3. The predicted molar refractivity (Wildman–Crippen MR) is 113 cm³/mol. The highest BCUT2D eigenvalue weighted by molar-refractivity contribution is 7.80. The number of nitrogens with two attached hydrogens (primary N) is 1. The topological polar surface area (TPSA) is 86.0 Å². The van der Waals surface area contributed by atoms with Crippen molar-refractivity contribution in [2.45, 2.75) is 39.3 Å². The molecule has 6 heteroatoms. The van der Waals surface area contributed by atoms with Crippen LogP contribution in [0.2, 0.25) is 0 Å². The molecule has 0 aliphatic carbocycles. The van der Waals surface area contributed by atoms with Crippen LogP contribution < -0.4 is 21.7 Å². The Balaban J connectivity index is 1.77. The summed E-state index contributed by atoms with van der Waals surface area (Å²) in [5.74, 6) is -0.0724. The van der Waals surface area contributed by atoms with Crippen LogP contribution in [0.4, 0.5) is 5.69 Å². The lowest BCUT2D eigenvalue weighted by Crippen LogP contribution is -2.34. The molecule has 2 aromatic rings. The molecule has 0 amide bonds. The second kappa shape index (κ2) is 8.67. The molecule has 0 spiro atoms. The zero-order valence-corrected chi connectivity index (χ0v) is 16.3. The molecule has 5 nitrogen and oxygen atoms in total. The SMILES string of the molecule is CC(C)(C)c1ccc(CNC(=S)NCc2ccc(NC(=N)N)cc2)cc1. The van der Waals surface area contributed by atoms with Gasteiger partial charge in [-0.25, -0.2) is 0 Å². The van der Waals surface area contributed by atoms with Crippen molar-refractivity contribution in [2.75, 3.05) is 5.32 Å². The minimum Gasteiger partial charge on any atom is -0.370 e. The van der Waals surface area contributed by atoms with Gasteiger partial charge in [0, 0.05) is 18.8 Å². The molecule has 138 valence electrons. The smallest absolute Gasteiger partial charge is 0.190 e. The minimum atomic E-state index is -0.0724. The molecule has 0 aromatic heterocycles. The fourth-order valence-corrected chi connectivity index (χ4v) is 2.56. The lowest BCUT2D eigenvalue weighted by molar-refractivity contribution is 0.590. The van der Waals surface area contributed by atoms with Crippen LogP contribution in [-0.2, 0) is 18.5 Å². The molecule has 0 aliphatic heterocycles. The third-order valence-electron chi connectivity index (χ3n) is 3.96. The highest BCUT2D eigenvalue weighted by Gasteiger charge is 2.12. The maximum Gasteiger partial charge on any atom is 0.190 e. The van der Waals surface area contributed by atoms with Crippen molar-refractivity contribution >= 4 is 29.0 Å². The Kier molecular flexibility index (Phi) is 6.58. The predicted octanol–water partition coefficient (Wildman–Crippen LogP) is 3.45. The van der Waals surface area contributed by atoms with E-state index in [1.54, 1.807) is 0 Å². The maximum atomic E-state index is 7.21. The minimum absolute atomic E-state index is 0.0724. The first-order valence-corrected chi connectivity index (χ1v) is 8.96. The Morgan fingerprint density at radius 2 is 1.38 bits per heavy atom. The monoisotopic (exact) mass is 369 g/mol. The van der Waals surface area contributed by atoms with Gasteiger partial charge in [-0.2, -0.15) is 0 Å². The fourth-order valence-electron chi connectivity index (χ4n) is 2.41. The summed E-state index contributed by atoms with van der Waals surface area (Å²) in [6.07, 6.45) is 0. The third-order valence-corrected chi connectivity index (χ3v) is 4.25. The van der Waals surface area contributed by atoms with Gasteiger partial charge in [0.05, 0.1) is 0 Å². The molecule has 6 N–H and O–H groups in total. The number of nitrogens with one attached hydrogen (secondary N) is 4. The molecule has 26 heavy (non-hydrogen) atoms. The molecule has 0 aliphatic rings. The van der Waals surface area contributed by atoms with E-state index in [0.717, 1.165) is 11.3 Å². The number of thiocarbonyl (C=S) groups is 1. The quantitative estimate of drug-likeness (QED) is 0.317. The third kappa shape index (κ3) is 6.37. The van der Waals surface area contributed by atoms with Crippen LogP contribution >= 0.6 is 12.2 Å². The molecular formula is C20H27N5S. The van der Waals surface area contributed by atoms with Crippen LogP contribution in [0, 0.1) is 5.41 Å². The molecule has 2 aromatic carbocycles. The summed E-state index contributed by atoms with van der Waals surface area (Å²) in [4.78, 5) is 0. The maximum absolute atomic E-state index is 7.21. The Labute approximate surface area is 160 Å². The van der Waals surface area contributed by atoms with E-state index < -0.39 is 0 Å². The molecule has 0 unspecified atom stereocenters. The van der Waals surface area contributed by atoms with Gasteiger partial charge in [0.1, 0.15) is 0 Å². The van der Waals surface area contributed by atoms with Crippen molar-refractivity contribution in [3.63, 3.8) is 0 Å².